The third-order valence-corrected chi connectivity index (χ3v) is 6.28. The third kappa shape index (κ3) is 6.21. The molecule has 1 saturated carbocycles. The third-order valence-electron chi connectivity index (χ3n) is 5.37. The van der Waals surface area contributed by atoms with Crippen molar-refractivity contribution in [1.29, 1.82) is 0 Å². The van der Waals surface area contributed by atoms with E-state index in [4.69, 9.17) is 5.14 Å². The van der Waals surface area contributed by atoms with Gasteiger partial charge in [-0.15, -0.1) is 0 Å². The number of rotatable bonds is 9. The molecule has 4 rings (SSSR count). The number of pyridine rings is 1. The second-order valence-electron chi connectivity index (χ2n) is 7.88. The predicted molar refractivity (Wildman–Crippen MR) is 124 cm³/mol. The van der Waals surface area contributed by atoms with Crippen LogP contribution in [0.25, 0.3) is 0 Å². The van der Waals surface area contributed by atoms with E-state index in [0.29, 0.717) is 29.8 Å². The van der Waals surface area contributed by atoms with Crippen molar-refractivity contribution in [3.63, 3.8) is 0 Å². The molecule has 34 heavy (non-hydrogen) atoms. The summed E-state index contributed by atoms with van der Waals surface area (Å²) in [6, 6.07) is 6.90. The number of aliphatic hydroxyl groups is 1. The summed E-state index contributed by atoms with van der Waals surface area (Å²) in [6.07, 6.45) is 4.34. The van der Waals surface area contributed by atoms with Crippen molar-refractivity contribution < 1.29 is 22.5 Å². The fourth-order valence-electron chi connectivity index (χ4n) is 3.80. The lowest BCUT2D eigenvalue weighted by Crippen LogP contribution is -2.24. The van der Waals surface area contributed by atoms with Gasteiger partial charge in [-0.25, -0.2) is 20.1 Å². The number of ketones is 1. The van der Waals surface area contributed by atoms with Crippen molar-refractivity contribution in [1.82, 2.24) is 24.7 Å². The number of nitrogens with one attached hydrogen (secondary N) is 1. The Morgan fingerprint density at radius 1 is 1.32 bits per heavy atom. The fraction of sp³-hybridized carbons (Fsp3) is 0.350. The van der Waals surface area contributed by atoms with E-state index in [1.807, 2.05) is 18.2 Å². The van der Waals surface area contributed by atoms with Crippen LogP contribution >= 0.6 is 15.9 Å². The first-order valence-electron chi connectivity index (χ1n) is 10.3. The number of halogens is 1. The molecule has 0 unspecified atom stereocenters. The molecule has 3 heterocycles. The van der Waals surface area contributed by atoms with Gasteiger partial charge in [0.25, 0.3) is 0 Å². The molecule has 0 amide bonds. The number of hydrogen-bond donors (Lipinski definition) is 3. The molecule has 3 aromatic rings. The molecule has 1 fully saturated rings. The lowest BCUT2D eigenvalue weighted by molar-refractivity contribution is 0.101. The molecule has 0 aromatic carbocycles. The summed E-state index contributed by atoms with van der Waals surface area (Å²) >= 11 is 3.33. The average molecular weight is 552 g/mol. The zero-order valence-corrected chi connectivity index (χ0v) is 20.2. The van der Waals surface area contributed by atoms with E-state index in [1.165, 1.54) is 12.5 Å². The number of aromatic nitrogens is 5. The van der Waals surface area contributed by atoms with Crippen molar-refractivity contribution in [3.8, 4) is 0 Å². The Balaban J connectivity index is 1.44. The summed E-state index contributed by atoms with van der Waals surface area (Å²) in [5.74, 6) is -0.496. The number of anilines is 1. The van der Waals surface area contributed by atoms with E-state index in [1.54, 1.807) is 16.9 Å². The number of hydrogen-bond acceptors (Lipinski definition) is 10. The summed E-state index contributed by atoms with van der Waals surface area (Å²) in [5.41, 5.74) is 1.23. The van der Waals surface area contributed by atoms with Crippen molar-refractivity contribution >= 4 is 37.8 Å². The van der Waals surface area contributed by atoms with Gasteiger partial charge in [-0.05, 0) is 47.0 Å². The smallest absolute Gasteiger partial charge is 0.333 e. The predicted octanol–water partition coefficient (Wildman–Crippen LogP) is 0.881. The standard InChI is InChI=1S/C20H22BrN7O5S/c21-18-3-1-2-13(25-18)9-28-5-4-16(27-28)19(30)15-8-23-11-24-20(15)26-14-6-12(17(29)7-14)10-33-34(22,31)32/h1-5,8,11-12,14,17,29H,6-7,9-10H2,(H2,22,31,32)(H,23,24,26)/t12-,14-,17+/m1/s1. The zero-order valence-electron chi connectivity index (χ0n) is 17.8. The largest absolute Gasteiger partial charge is 0.393 e. The highest BCUT2D eigenvalue weighted by molar-refractivity contribution is 9.10. The van der Waals surface area contributed by atoms with Gasteiger partial charge in [0.05, 0.1) is 30.5 Å². The molecule has 180 valence electrons. The Morgan fingerprint density at radius 3 is 2.91 bits per heavy atom. The fourth-order valence-corrected chi connectivity index (χ4v) is 4.54. The Labute approximate surface area is 204 Å². The second kappa shape index (κ2) is 10.2. The van der Waals surface area contributed by atoms with E-state index in [0.717, 1.165) is 5.69 Å². The van der Waals surface area contributed by atoms with Gasteiger partial charge in [0, 0.05) is 24.4 Å². The molecule has 3 aromatic heterocycles. The van der Waals surface area contributed by atoms with Crippen LogP contribution < -0.4 is 10.5 Å². The van der Waals surface area contributed by atoms with Crippen LogP contribution in [0.2, 0.25) is 0 Å². The average Bonchev–Trinajstić information content (AvgIpc) is 3.38. The molecular formula is C20H22BrN7O5S. The van der Waals surface area contributed by atoms with Crippen LogP contribution in [-0.4, -0.2) is 62.8 Å². The molecule has 0 bridgehead atoms. The SMILES string of the molecule is NS(=O)(=O)OC[C@H]1C[C@@H](Nc2ncncc2C(=O)c2ccn(Cc3cccc(Br)n3)n2)C[C@@H]1O. The van der Waals surface area contributed by atoms with Crippen LogP contribution in [0.1, 0.15) is 34.6 Å². The maximum Gasteiger partial charge on any atom is 0.333 e. The van der Waals surface area contributed by atoms with Gasteiger partial charge in [0.1, 0.15) is 22.4 Å². The highest BCUT2D eigenvalue weighted by Crippen LogP contribution is 2.30. The Kier molecular flexibility index (Phi) is 7.33. The molecule has 0 aliphatic heterocycles. The number of nitrogens with two attached hydrogens (primary N) is 1. The first-order valence-corrected chi connectivity index (χ1v) is 12.6. The summed E-state index contributed by atoms with van der Waals surface area (Å²) in [7, 11) is -4.09. The minimum atomic E-state index is -4.09. The van der Waals surface area contributed by atoms with Gasteiger partial charge in [-0.3, -0.25) is 13.7 Å². The van der Waals surface area contributed by atoms with E-state index >= 15 is 0 Å². The second-order valence-corrected chi connectivity index (χ2v) is 9.92. The van der Waals surface area contributed by atoms with Crippen LogP contribution in [0, 0.1) is 5.92 Å². The molecule has 0 spiro atoms. The molecule has 1 aliphatic carbocycles. The van der Waals surface area contributed by atoms with Gasteiger partial charge >= 0.3 is 10.3 Å². The van der Waals surface area contributed by atoms with Crippen LogP contribution in [0.3, 0.4) is 0 Å². The quantitative estimate of drug-likeness (QED) is 0.255. The van der Waals surface area contributed by atoms with Crippen LogP contribution in [0.15, 0.2) is 47.6 Å². The Bertz CT molecular complexity index is 1290. The number of carbonyl (C=O) groups is 1. The minimum Gasteiger partial charge on any atom is -0.393 e. The highest BCUT2D eigenvalue weighted by atomic mass is 79.9. The van der Waals surface area contributed by atoms with E-state index in [-0.39, 0.29) is 29.7 Å². The van der Waals surface area contributed by atoms with E-state index in [2.05, 4.69) is 45.5 Å². The first-order chi connectivity index (χ1) is 16.2. The van der Waals surface area contributed by atoms with Crippen LogP contribution in [0.5, 0.6) is 0 Å². The van der Waals surface area contributed by atoms with E-state index < -0.39 is 22.3 Å². The normalized spacial score (nSPS) is 20.4. The highest BCUT2D eigenvalue weighted by Gasteiger charge is 2.34. The maximum atomic E-state index is 13.1. The van der Waals surface area contributed by atoms with Gasteiger partial charge in [0.15, 0.2) is 0 Å². The monoisotopic (exact) mass is 551 g/mol. The molecule has 3 atom stereocenters. The van der Waals surface area contributed by atoms with Crippen molar-refractivity contribution in [2.45, 2.75) is 31.5 Å². The maximum absolute atomic E-state index is 13.1. The van der Waals surface area contributed by atoms with Crippen molar-refractivity contribution in [2.24, 2.45) is 11.1 Å². The molecule has 14 heteroatoms. The van der Waals surface area contributed by atoms with Crippen molar-refractivity contribution in [2.75, 3.05) is 11.9 Å². The van der Waals surface area contributed by atoms with Gasteiger partial charge < -0.3 is 10.4 Å². The van der Waals surface area contributed by atoms with Crippen LogP contribution in [-0.2, 0) is 21.0 Å². The Hall–Kier alpha value is -2.78. The molecule has 4 N–H and O–H groups in total. The molecule has 12 nitrogen and oxygen atoms in total. The molecule has 0 radical (unpaired) electrons. The molecular weight excluding hydrogens is 530 g/mol. The number of nitrogens with zero attached hydrogens (tertiary/aromatic N) is 5. The number of aliphatic hydroxyl groups excluding tert-OH is 1. The van der Waals surface area contributed by atoms with Gasteiger partial charge in [-0.1, -0.05) is 6.07 Å². The minimum absolute atomic E-state index is 0.221. The summed E-state index contributed by atoms with van der Waals surface area (Å²) in [5, 5.41) is 22.6. The molecule has 1 aliphatic rings. The summed E-state index contributed by atoms with van der Waals surface area (Å²) in [6.45, 7) is 0.170. The topological polar surface area (TPSA) is 175 Å². The Morgan fingerprint density at radius 2 is 2.15 bits per heavy atom. The van der Waals surface area contributed by atoms with Crippen LogP contribution in [0.4, 0.5) is 5.82 Å². The molecule has 0 saturated heterocycles. The van der Waals surface area contributed by atoms with E-state index in [9.17, 15) is 18.3 Å². The first kappa shape index (κ1) is 24.3. The zero-order chi connectivity index (χ0) is 24.3. The van der Waals surface area contributed by atoms with Crippen molar-refractivity contribution in [3.05, 3.63) is 64.5 Å². The van der Waals surface area contributed by atoms with Gasteiger partial charge in [0.2, 0.25) is 5.78 Å². The van der Waals surface area contributed by atoms with Gasteiger partial charge in [-0.2, -0.15) is 13.5 Å². The summed E-state index contributed by atoms with van der Waals surface area (Å²) < 4.78 is 29.0. The lowest BCUT2D eigenvalue weighted by atomic mass is 10.1. The summed E-state index contributed by atoms with van der Waals surface area (Å²) in [4.78, 5) is 25.6. The number of carbonyl (C=O) groups excluding carboxylic acids is 1. The lowest BCUT2D eigenvalue weighted by Gasteiger charge is -2.15.